The van der Waals surface area contributed by atoms with Crippen LogP contribution >= 0.6 is 0 Å². The molecule has 2 rings (SSSR count). The summed E-state index contributed by atoms with van der Waals surface area (Å²) in [7, 11) is 1.33. The molecule has 0 aromatic heterocycles. The van der Waals surface area contributed by atoms with E-state index >= 15 is 0 Å². The molecule has 0 bridgehead atoms. The second kappa shape index (κ2) is 7.53. The topological polar surface area (TPSA) is 134 Å². The van der Waals surface area contributed by atoms with Crippen LogP contribution in [0, 0.1) is 11.3 Å². The molecule has 10 nitrogen and oxygen atoms in total. The molecule has 6 amide bonds. The Kier molecular flexibility index (Phi) is 5.76. The first-order chi connectivity index (χ1) is 12.5. The van der Waals surface area contributed by atoms with Gasteiger partial charge < -0.3 is 15.4 Å². The minimum atomic E-state index is -1.00. The van der Waals surface area contributed by atoms with E-state index in [1.54, 1.807) is 0 Å². The monoisotopic (exact) mass is 382 g/mol. The van der Waals surface area contributed by atoms with Crippen LogP contribution in [-0.2, 0) is 19.1 Å². The van der Waals surface area contributed by atoms with Crippen LogP contribution in [0.5, 0.6) is 0 Å². The summed E-state index contributed by atoms with van der Waals surface area (Å²) in [6.07, 6.45) is 1.95. The van der Waals surface area contributed by atoms with Crippen molar-refractivity contribution in [3.63, 3.8) is 0 Å². The lowest BCUT2D eigenvalue weighted by molar-refractivity contribution is -0.151. The molecule has 150 valence electrons. The molecule has 1 heterocycles. The molecule has 0 radical (unpaired) electrons. The van der Waals surface area contributed by atoms with Crippen molar-refractivity contribution in [2.24, 2.45) is 11.3 Å². The molecule has 0 aromatic rings. The molecule has 0 aromatic carbocycles. The quantitative estimate of drug-likeness (QED) is 0.467. The molecule has 1 saturated carbocycles. The predicted molar refractivity (Wildman–Crippen MR) is 93.3 cm³/mol. The Morgan fingerprint density at radius 2 is 1.93 bits per heavy atom. The molecule has 2 fully saturated rings. The Labute approximate surface area is 157 Å². The van der Waals surface area contributed by atoms with Gasteiger partial charge in [-0.3, -0.25) is 24.6 Å². The molecular weight excluding hydrogens is 356 g/mol. The summed E-state index contributed by atoms with van der Waals surface area (Å²) in [6.45, 7) is 4.85. The highest BCUT2D eigenvalue weighted by Gasteiger charge is 2.56. The van der Waals surface area contributed by atoms with Crippen LogP contribution in [0.15, 0.2) is 0 Å². The van der Waals surface area contributed by atoms with Crippen LogP contribution in [0.1, 0.15) is 40.0 Å². The van der Waals surface area contributed by atoms with Crippen LogP contribution in [0.25, 0.3) is 0 Å². The highest BCUT2D eigenvalue weighted by molar-refractivity contribution is 6.09. The zero-order valence-electron chi connectivity index (χ0n) is 16.0. The van der Waals surface area contributed by atoms with E-state index in [2.05, 4.69) is 10.6 Å². The number of esters is 1. The third-order valence-electron chi connectivity index (χ3n) is 4.76. The van der Waals surface area contributed by atoms with Gasteiger partial charge in [0.15, 0.2) is 6.61 Å². The van der Waals surface area contributed by atoms with Gasteiger partial charge >= 0.3 is 18.0 Å². The molecule has 1 aliphatic heterocycles. The predicted octanol–water partition coefficient (Wildman–Crippen LogP) is 0.122. The number of amides is 6. The van der Waals surface area contributed by atoms with Gasteiger partial charge in [-0.15, -0.1) is 0 Å². The number of nitrogens with one attached hydrogen (secondary N) is 3. The van der Waals surface area contributed by atoms with Crippen molar-refractivity contribution in [3.8, 4) is 0 Å². The maximum atomic E-state index is 12.9. The zero-order valence-corrected chi connectivity index (χ0v) is 16.0. The van der Waals surface area contributed by atoms with Gasteiger partial charge in [-0.05, 0) is 30.6 Å². The minimum Gasteiger partial charge on any atom is -0.454 e. The van der Waals surface area contributed by atoms with Gasteiger partial charge in [0.05, 0.1) is 0 Å². The third kappa shape index (κ3) is 4.75. The first-order valence-corrected chi connectivity index (χ1v) is 8.79. The van der Waals surface area contributed by atoms with Crippen molar-refractivity contribution in [2.45, 2.75) is 45.6 Å². The Morgan fingerprint density at radius 1 is 1.26 bits per heavy atom. The molecule has 10 heteroatoms. The lowest BCUT2D eigenvalue weighted by Gasteiger charge is -2.43. The first-order valence-electron chi connectivity index (χ1n) is 8.79. The lowest BCUT2D eigenvalue weighted by atomic mass is 9.64. The van der Waals surface area contributed by atoms with Crippen molar-refractivity contribution < 1.29 is 28.7 Å². The summed E-state index contributed by atoms with van der Waals surface area (Å²) < 4.78 is 4.74. The highest BCUT2D eigenvalue weighted by Crippen LogP contribution is 2.46. The Hall–Kier alpha value is -2.65. The van der Waals surface area contributed by atoms with Crippen molar-refractivity contribution in [2.75, 3.05) is 20.2 Å². The average molecular weight is 382 g/mol. The fourth-order valence-corrected chi connectivity index (χ4v) is 4.20. The van der Waals surface area contributed by atoms with Crippen LogP contribution < -0.4 is 16.0 Å². The normalized spacial score (nSPS) is 26.5. The second-order valence-electron chi connectivity index (χ2n) is 8.05. The highest BCUT2D eigenvalue weighted by atomic mass is 16.5. The summed E-state index contributed by atoms with van der Waals surface area (Å²) in [5.41, 5.74) is -1.12. The molecule has 1 saturated heterocycles. The summed E-state index contributed by atoms with van der Waals surface area (Å²) in [5, 5.41) is 6.87. The molecule has 0 unspecified atom stereocenters. The molecular formula is C17H26N4O6. The molecule has 1 spiro atoms. The van der Waals surface area contributed by atoms with E-state index in [0.717, 1.165) is 11.3 Å². The second-order valence-corrected chi connectivity index (χ2v) is 8.05. The Morgan fingerprint density at radius 3 is 2.52 bits per heavy atom. The van der Waals surface area contributed by atoms with Gasteiger partial charge in [0, 0.05) is 7.05 Å². The van der Waals surface area contributed by atoms with E-state index in [4.69, 9.17) is 4.74 Å². The van der Waals surface area contributed by atoms with E-state index in [-0.39, 0.29) is 11.3 Å². The van der Waals surface area contributed by atoms with Crippen LogP contribution in [0.3, 0.4) is 0 Å². The zero-order chi connectivity index (χ0) is 20.4. The standard InChI is InChI=1S/C17H26N4O6/c1-10-5-16(2,3)9-17(6-10)13(24)21(15(26)20-17)7-12(23)27-8-11(22)19-14(25)18-4/h10H,5-9H2,1-4H3,(H,20,26)(H2,18,19,22,25)/t10-,17-/m1/s1. The van der Waals surface area contributed by atoms with Crippen LogP contribution in [0.4, 0.5) is 9.59 Å². The lowest BCUT2D eigenvalue weighted by Crippen LogP contribution is -2.54. The number of hydrogen-bond donors (Lipinski definition) is 3. The number of ether oxygens (including phenoxy) is 1. The van der Waals surface area contributed by atoms with E-state index in [1.807, 2.05) is 26.1 Å². The summed E-state index contributed by atoms with van der Waals surface area (Å²) in [4.78, 5) is 60.4. The molecule has 1 aliphatic carbocycles. The number of carbonyl (C=O) groups is 5. The first kappa shape index (κ1) is 20.7. The van der Waals surface area contributed by atoms with Crippen LogP contribution in [-0.4, -0.2) is 60.5 Å². The van der Waals surface area contributed by atoms with Gasteiger partial charge in [-0.25, -0.2) is 9.59 Å². The number of carbonyl (C=O) groups excluding carboxylic acids is 5. The van der Waals surface area contributed by atoms with Gasteiger partial charge in [0.25, 0.3) is 11.8 Å². The summed E-state index contributed by atoms with van der Waals surface area (Å²) >= 11 is 0. The average Bonchev–Trinajstić information content (AvgIpc) is 2.74. The van der Waals surface area contributed by atoms with Gasteiger partial charge in [-0.1, -0.05) is 20.8 Å². The van der Waals surface area contributed by atoms with Crippen LogP contribution in [0.2, 0.25) is 0 Å². The smallest absolute Gasteiger partial charge is 0.326 e. The molecule has 2 aliphatic rings. The fraction of sp³-hybridized carbons (Fsp3) is 0.706. The SMILES string of the molecule is CNC(=O)NC(=O)COC(=O)CN1C(=O)N[C@@]2(C[C@H](C)CC(C)(C)C2)C1=O. The van der Waals surface area contributed by atoms with Crippen molar-refractivity contribution in [1.29, 1.82) is 0 Å². The maximum Gasteiger partial charge on any atom is 0.326 e. The maximum absolute atomic E-state index is 12.9. The summed E-state index contributed by atoms with van der Waals surface area (Å²) in [6, 6.07) is -1.38. The van der Waals surface area contributed by atoms with E-state index in [0.29, 0.717) is 12.8 Å². The van der Waals surface area contributed by atoms with E-state index in [9.17, 15) is 24.0 Å². The van der Waals surface area contributed by atoms with Crippen molar-refractivity contribution in [1.82, 2.24) is 20.9 Å². The minimum absolute atomic E-state index is 0.116. The summed E-state index contributed by atoms with van der Waals surface area (Å²) in [5.74, 6) is -1.93. The van der Waals surface area contributed by atoms with Crippen molar-refractivity contribution >= 4 is 29.8 Å². The van der Waals surface area contributed by atoms with Crippen molar-refractivity contribution in [3.05, 3.63) is 0 Å². The fourth-order valence-electron chi connectivity index (χ4n) is 4.20. The number of hydrogen-bond acceptors (Lipinski definition) is 6. The van der Waals surface area contributed by atoms with Gasteiger partial charge in [-0.2, -0.15) is 0 Å². The molecule has 27 heavy (non-hydrogen) atoms. The Balaban J connectivity index is 1.96. The van der Waals surface area contributed by atoms with E-state index < -0.39 is 48.5 Å². The van der Waals surface area contributed by atoms with E-state index in [1.165, 1.54) is 7.05 Å². The largest absolute Gasteiger partial charge is 0.454 e. The number of urea groups is 2. The van der Waals surface area contributed by atoms with Gasteiger partial charge in [0.1, 0.15) is 12.1 Å². The number of rotatable bonds is 4. The number of nitrogens with zero attached hydrogens (tertiary/aromatic N) is 1. The molecule has 2 atom stereocenters. The Bertz CT molecular complexity index is 676. The third-order valence-corrected chi connectivity index (χ3v) is 4.76. The van der Waals surface area contributed by atoms with Gasteiger partial charge in [0.2, 0.25) is 0 Å². The molecule has 3 N–H and O–H groups in total. The number of imide groups is 2.